The van der Waals surface area contributed by atoms with Gasteiger partial charge >= 0.3 is 0 Å². The van der Waals surface area contributed by atoms with Gasteiger partial charge in [0.25, 0.3) is 0 Å². The number of allylic oxidation sites excluding steroid dienone is 1. The van der Waals surface area contributed by atoms with Gasteiger partial charge in [-0.15, -0.1) is 6.58 Å². The van der Waals surface area contributed by atoms with E-state index in [4.69, 9.17) is 11.6 Å². The third-order valence-corrected chi connectivity index (χ3v) is 3.04. The first-order valence-electron chi connectivity index (χ1n) is 6.25. The Labute approximate surface area is 119 Å². The third-order valence-electron chi connectivity index (χ3n) is 2.79. The van der Waals surface area contributed by atoms with E-state index in [0.29, 0.717) is 0 Å². The Morgan fingerprint density at radius 1 is 0.895 bits per heavy atom. The summed E-state index contributed by atoms with van der Waals surface area (Å²) in [4.78, 5) is 0. The molecule has 0 spiro atoms. The molecule has 2 rings (SSSR count). The van der Waals surface area contributed by atoms with Crippen LogP contribution in [0.5, 0.6) is 0 Å². The van der Waals surface area contributed by atoms with E-state index in [9.17, 15) is 0 Å². The molecule has 2 aromatic carbocycles. The molecule has 0 N–H and O–H groups in total. The van der Waals surface area contributed by atoms with Gasteiger partial charge in [-0.2, -0.15) is 0 Å². The molecule has 19 heavy (non-hydrogen) atoms. The largest absolute Gasteiger partial charge is 0.103 e. The molecule has 1 heteroatoms. The fourth-order valence-electron chi connectivity index (χ4n) is 1.70. The number of rotatable bonds is 3. The van der Waals surface area contributed by atoms with E-state index in [1.54, 1.807) is 0 Å². The van der Waals surface area contributed by atoms with E-state index >= 15 is 0 Å². The van der Waals surface area contributed by atoms with E-state index in [2.05, 4.69) is 42.7 Å². The average molecular weight is 267 g/mol. The molecule has 0 aliphatic rings. The molecule has 0 aliphatic heterocycles. The number of benzene rings is 2. The molecule has 0 nitrogen and oxygen atoms in total. The summed E-state index contributed by atoms with van der Waals surface area (Å²) in [6.07, 6.45) is 3.98. The van der Waals surface area contributed by atoms with Gasteiger partial charge in [0.05, 0.1) is 0 Å². The van der Waals surface area contributed by atoms with Crippen LogP contribution in [0.2, 0.25) is 5.02 Å². The predicted molar refractivity (Wildman–Crippen MR) is 82.4 cm³/mol. The summed E-state index contributed by atoms with van der Waals surface area (Å²) in [6, 6.07) is 15.9. The maximum atomic E-state index is 5.83. The van der Waals surface area contributed by atoms with Crippen molar-refractivity contribution in [2.75, 3.05) is 0 Å². The minimum atomic E-state index is 0.733. The molecule has 0 aromatic heterocycles. The van der Waals surface area contributed by atoms with Gasteiger partial charge in [0.1, 0.15) is 0 Å². The van der Waals surface area contributed by atoms with Crippen LogP contribution in [0.25, 0.3) is 0 Å². The van der Waals surface area contributed by atoms with Gasteiger partial charge in [-0.1, -0.05) is 41.7 Å². The Kier molecular flexibility index (Phi) is 4.84. The van der Waals surface area contributed by atoms with Crippen molar-refractivity contribution in [3.63, 3.8) is 0 Å². The van der Waals surface area contributed by atoms with Crippen molar-refractivity contribution in [2.45, 2.75) is 12.8 Å². The molecule has 0 heterocycles. The van der Waals surface area contributed by atoms with Gasteiger partial charge in [-0.3, -0.25) is 0 Å². The Morgan fingerprint density at radius 3 is 1.95 bits per heavy atom. The maximum Gasteiger partial charge on any atom is 0.0406 e. The second kappa shape index (κ2) is 6.83. The molecule has 0 saturated heterocycles. The molecular formula is C18H15Cl. The average Bonchev–Trinajstić information content (AvgIpc) is 2.46. The van der Waals surface area contributed by atoms with Crippen LogP contribution in [-0.4, -0.2) is 0 Å². The summed E-state index contributed by atoms with van der Waals surface area (Å²) in [5.74, 6) is 6.28. The summed E-state index contributed by atoms with van der Waals surface area (Å²) in [5.41, 5.74) is 3.31. The molecule has 0 atom stereocenters. The van der Waals surface area contributed by atoms with Crippen molar-refractivity contribution in [3.05, 3.63) is 82.9 Å². The molecule has 0 fully saturated rings. The SMILES string of the molecule is C=CCCc1ccc(C#Cc2ccc(Cl)cc2)cc1. The lowest BCUT2D eigenvalue weighted by molar-refractivity contribution is 1.00. The van der Waals surface area contributed by atoms with E-state index in [-0.39, 0.29) is 0 Å². The van der Waals surface area contributed by atoms with E-state index in [1.165, 1.54) is 5.56 Å². The van der Waals surface area contributed by atoms with Gasteiger partial charge in [-0.05, 0) is 54.8 Å². The zero-order chi connectivity index (χ0) is 13.5. The minimum Gasteiger partial charge on any atom is -0.103 e. The van der Waals surface area contributed by atoms with Crippen LogP contribution in [0.1, 0.15) is 23.1 Å². The Balaban J connectivity index is 2.07. The zero-order valence-electron chi connectivity index (χ0n) is 10.7. The van der Waals surface area contributed by atoms with Crippen molar-refractivity contribution < 1.29 is 0 Å². The summed E-state index contributed by atoms with van der Waals surface area (Å²) in [6.45, 7) is 3.73. The van der Waals surface area contributed by atoms with Crippen molar-refractivity contribution in [2.24, 2.45) is 0 Å². The van der Waals surface area contributed by atoms with E-state index < -0.39 is 0 Å². The molecule has 0 aliphatic carbocycles. The van der Waals surface area contributed by atoms with Gasteiger partial charge in [0.2, 0.25) is 0 Å². The second-order valence-electron chi connectivity index (χ2n) is 4.28. The zero-order valence-corrected chi connectivity index (χ0v) is 11.5. The Morgan fingerprint density at radius 2 is 1.42 bits per heavy atom. The lowest BCUT2D eigenvalue weighted by Crippen LogP contribution is -1.83. The van der Waals surface area contributed by atoms with Crippen LogP contribution in [0.3, 0.4) is 0 Å². The summed E-state index contributed by atoms with van der Waals surface area (Å²) >= 11 is 5.83. The highest BCUT2D eigenvalue weighted by molar-refractivity contribution is 6.30. The molecule has 0 bridgehead atoms. The van der Waals surface area contributed by atoms with Crippen LogP contribution in [0.4, 0.5) is 0 Å². The Bertz CT molecular complexity index is 595. The normalized spacial score (nSPS) is 9.53. The van der Waals surface area contributed by atoms with Crippen molar-refractivity contribution in [1.82, 2.24) is 0 Å². The summed E-state index contributed by atoms with van der Waals surface area (Å²) in [5, 5.41) is 0.733. The van der Waals surface area contributed by atoms with Gasteiger partial charge in [0.15, 0.2) is 0 Å². The minimum absolute atomic E-state index is 0.733. The lowest BCUT2D eigenvalue weighted by Gasteiger charge is -1.98. The molecule has 94 valence electrons. The van der Waals surface area contributed by atoms with Crippen LogP contribution in [0.15, 0.2) is 61.2 Å². The fraction of sp³-hybridized carbons (Fsp3) is 0.111. The molecule has 0 unspecified atom stereocenters. The summed E-state index contributed by atoms with van der Waals surface area (Å²) < 4.78 is 0. The Hall–Kier alpha value is -1.97. The first kappa shape index (κ1) is 13.5. The third kappa shape index (κ3) is 4.32. The predicted octanol–water partition coefficient (Wildman–Crippen LogP) is 4.86. The van der Waals surface area contributed by atoms with Crippen LogP contribution >= 0.6 is 11.6 Å². The fourth-order valence-corrected chi connectivity index (χ4v) is 1.83. The van der Waals surface area contributed by atoms with Gasteiger partial charge in [-0.25, -0.2) is 0 Å². The quantitative estimate of drug-likeness (QED) is 0.550. The number of halogens is 1. The smallest absolute Gasteiger partial charge is 0.0406 e. The van der Waals surface area contributed by atoms with Crippen molar-refractivity contribution in [1.29, 1.82) is 0 Å². The van der Waals surface area contributed by atoms with E-state index in [0.717, 1.165) is 29.0 Å². The molecule has 0 amide bonds. The van der Waals surface area contributed by atoms with Gasteiger partial charge < -0.3 is 0 Å². The number of aryl methyl sites for hydroxylation is 1. The highest BCUT2D eigenvalue weighted by atomic mass is 35.5. The second-order valence-corrected chi connectivity index (χ2v) is 4.72. The maximum absolute atomic E-state index is 5.83. The highest BCUT2D eigenvalue weighted by Crippen LogP contribution is 2.09. The van der Waals surface area contributed by atoms with Crippen molar-refractivity contribution >= 4 is 11.6 Å². The highest BCUT2D eigenvalue weighted by Gasteiger charge is 1.92. The molecule has 2 aromatic rings. The standard InChI is InChI=1S/C18H15Cl/c1-2-3-4-15-5-7-16(8-6-15)9-10-17-11-13-18(19)14-12-17/h2,5-8,11-14H,1,3-4H2. The van der Waals surface area contributed by atoms with Crippen LogP contribution < -0.4 is 0 Å². The lowest BCUT2D eigenvalue weighted by atomic mass is 10.1. The molecular weight excluding hydrogens is 252 g/mol. The van der Waals surface area contributed by atoms with E-state index in [1.807, 2.05) is 30.3 Å². The summed E-state index contributed by atoms with van der Waals surface area (Å²) in [7, 11) is 0. The monoisotopic (exact) mass is 266 g/mol. The molecule has 0 radical (unpaired) electrons. The van der Waals surface area contributed by atoms with Crippen molar-refractivity contribution in [3.8, 4) is 11.8 Å². The number of hydrogen-bond donors (Lipinski definition) is 0. The topological polar surface area (TPSA) is 0 Å². The van der Waals surface area contributed by atoms with Crippen LogP contribution in [-0.2, 0) is 6.42 Å². The number of hydrogen-bond acceptors (Lipinski definition) is 0. The van der Waals surface area contributed by atoms with Crippen LogP contribution in [0, 0.1) is 11.8 Å². The van der Waals surface area contributed by atoms with Gasteiger partial charge in [0, 0.05) is 16.1 Å². The first-order valence-corrected chi connectivity index (χ1v) is 6.63. The first-order chi connectivity index (χ1) is 9.28. The molecule has 0 saturated carbocycles.